The van der Waals surface area contributed by atoms with Gasteiger partial charge in [-0.1, -0.05) is 19.8 Å². The van der Waals surface area contributed by atoms with Crippen LogP contribution in [-0.2, 0) is 14.3 Å². The van der Waals surface area contributed by atoms with Gasteiger partial charge in [0.05, 0.1) is 13.1 Å². The zero-order valence-electron chi connectivity index (χ0n) is 7.91. The third-order valence-corrected chi connectivity index (χ3v) is 2.01. The van der Waals surface area contributed by atoms with Crippen molar-refractivity contribution in [2.75, 3.05) is 19.6 Å². The Morgan fingerprint density at radius 3 is 2.38 bits per heavy atom. The molecule has 0 amide bonds. The third kappa shape index (κ3) is 3.55. The van der Waals surface area contributed by atoms with Gasteiger partial charge in [0, 0.05) is 0 Å². The predicted molar refractivity (Wildman–Crippen MR) is 47.1 cm³/mol. The molecule has 0 bridgehead atoms. The zero-order chi connectivity index (χ0) is 9.68. The van der Waals surface area contributed by atoms with Crippen molar-refractivity contribution >= 4 is 11.9 Å². The highest BCUT2D eigenvalue weighted by Gasteiger charge is 2.23. The second-order valence-corrected chi connectivity index (χ2v) is 3.26. The van der Waals surface area contributed by atoms with Gasteiger partial charge in [0.25, 0.3) is 0 Å². The van der Waals surface area contributed by atoms with Crippen molar-refractivity contribution in [2.24, 2.45) is 0 Å². The number of nitrogens with zero attached hydrogens (tertiary/aromatic N) is 1. The van der Waals surface area contributed by atoms with Gasteiger partial charge in [0.1, 0.15) is 0 Å². The number of cyclic esters (lactones) is 2. The van der Waals surface area contributed by atoms with Gasteiger partial charge in [-0.05, 0) is 13.0 Å². The van der Waals surface area contributed by atoms with Crippen molar-refractivity contribution in [2.45, 2.75) is 26.2 Å². The molecule has 4 nitrogen and oxygen atoms in total. The van der Waals surface area contributed by atoms with Gasteiger partial charge in [-0.3, -0.25) is 14.5 Å². The standard InChI is InChI=1S/C9H15NO3/c1-2-3-4-5-10-6-8(11)13-9(12)7-10/h2-7H2,1H3. The van der Waals surface area contributed by atoms with Crippen LogP contribution in [0.1, 0.15) is 26.2 Å². The number of ether oxygens (including phenoxy) is 1. The van der Waals surface area contributed by atoms with E-state index < -0.39 is 11.9 Å². The molecule has 1 aliphatic heterocycles. The molecule has 0 N–H and O–H groups in total. The van der Waals surface area contributed by atoms with Crippen LogP contribution in [0.15, 0.2) is 0 Å². The number of morpholine rings is 1. The Labute approximate surface area is 77.8 Å². The summed E-state index contributed by atoms with van der Waals surface area (Å²) >= 11 is 0. The van der Waals surface area contributed by atoms with Crippen molar-refractivity contribution in [3.8, 4) is 0 Å². The minimum atomic E-state index is -0.423. The average Bonchev–Trinajstić information content (AvgIpc) is 2.03. The first-order chi connectivity index (χ1) is 6.22. The first-order valence-electron chi connectivity index (χ1n) is 4.68. The molecule has 0 atom stereocenters. The first-order valence-corrected chi connectivity index (χ1v) is 4.68. The lowest BCUT2D eigenvalue weighted by molar-refractivity contribution is -0.166. The number of carbonyl (C=O) groups excluding carboxylic acids is 2. The lowest BCUT2D eigenvalue weighted by Crippen LogP contribution is -2.43. The summed E-state index contributed by atoms with van der Waals surface area (Å²) < 4.78 is 4.40. The van der Waals surface area contributed by atoms with Gasteiger partial charge in [-0.15, -0.1) is 0 Å². The molecule has 0 saturated carbocycles. The lowest BCUT2D eigenvalue weighted by Gasteiger charge is -2.23. The summed E-state index contributed by atoms with van der Waals surface area (Å²) in [6.07, 6.45) is 3.32. The van der Waals surface area contributed by atoms with Crippen LogP contribution in [0.2, 0.25) is 0 Å². The van der Waals surface area contributed by atoms with E-state index >= 15 is 0 Å². The van der Waals surface area contributed by atoms with Crippen LogP contribution in [0, 0.1) is 0 Å². The largest absolute Gasteiger partial charge is 0.391 e. The zero-order valence-corrected chi connectivity index (χ0v) is 7.91. The van der Waals surface area contributed by atoms with Crippen molar-refractivity contribution in [1.82, 2.24) is 4.90 Å². The summed E-state index contributed by atoms with van der Waals surface area (Å²) in [5, 5.41) is 0. The Kier molecular flexibility index (Phi) is 3.89. The molecule has 0 aromatic heterocycles. The SMILES string of the molecule is CCCCCN1CC(=O)OC(=O)C1. The Balaban J connectivity index is 2.25. The molecule has 0 aromatic rings. The van der Waals surface area contributed by atoms with E-state index in [1.54, 1.807) is 0 Å². The quantitative estimate of drug-likeness (QED) is 0.365. The molecule has 0 unspecified atom stereocenters. The highest BCUT2D eigenvalue weighted by molar-refractivity contribution is 5.90. The van der Waals surface area contributed by atoms with E-state index in [9.17, 15) is 9.59 Å². The summed E-state index contributed by atoms with van der Waals surface area (Å²) in [5.74, 6) is -0.847. The van der Waals surface area contributed by atoms with Crippen LogP contribution in [0.5, 0.6) is 0 Å². The molecule has 0 spiro atoms. The molecule has 0 radical (unpaired) electrons. The van der Waals surface area contributed by atoms with E-state index in [0.29, 0.717) is 0 Å². The fourth-order valence-corrected chi connectivity index (χ4v) is 1.36. The fraction of sp³-hybridized carbons (Fsp3) is 0.778. The maximum absolute atomic E-state index is 10.8. The van der Waals surface area contributed by atoms with E-state index in [4.69, 9.17) is 0 Å². The van der Waals surface area contributed by atoms with Crippen LogP contribution in [-0.4, -0.2) is 36.5 Å². The first kappa shape index (κ1) is 10.2. The van der Waals surface area contributed by atoms with Gasteiger partial charge in [-0.25, -0.2) is 0 Å². The molecule has 1 fully saturated rings. The third-order valence-electron chi connectivity index (χ3n) is 2.01. The number of esters is 2. The maximum Gasteiger partial charge on any atom is 0.327 e. The molecule has 0 aliphatic carbocycles. The van der Waals surface area contributed by atoms with E-state index in [2.05, 4.69) is 11.7 Å². The van der Waals surface area contributed by atoms with Crippen molar-refractivity contribution in [3.05, 3.63) is 0 Å². The fourth-order valence-electron chi connectivity index (χ4n) is 1.36. The molecular formula is C9H15NO3. The van der Waals surface area contributed by atoms with Gasteiger partial charge in [0.2, 0.25) is 0 Å². The predicted octanol–water partition coefficient (Wildman–Crippen LogP) is 0.562. The monoisotopic (exact) mass is 185 g/mol. The molecule has 13 heavy (non-hydrogen) atoms. The van der Waals surface area contributed by atoms with Gasteiger partial charge in [-0.2, -0.15) is 0 Å². The topological polar surface area (TPSA) is 46.6 Å². The van der Waals surface area contributed by atoms with E-state index in [-0.39, 0.29) is 13.1 Å². The average molecular weight is 185 g/mol. The van der Waals surface area contributed by atoms with Crippen molar-refractivity contribution in [3.63, 3.8) is 0 Å². The molecule has 1 rings (SSSR count). The molecular weight excluding hydrogens is 170 g/mol. The molecule has 1 saturated heterocycles. The maximum atomic E-state index is 10.8. The highest BCUT2D eigenvalue weighted by atomic mass is 16.6. The molecule has 74 valence electrons. The Hall–Kier alpha value is -0.900. The van der Waals surface area contributed by atoms with Crippen LogP contribution in [0.4, 0.5) is 0 Å². The summed E-state index contributed by atoms with van der Waals surface area (Å²) in [7, 11) is 0. The smallest absolute Gasteiger partial charge is 0.327 e. The second kappa shape index (κ2) is 4.97. The van der Waals surface area contributed by atoms with Crippen LogP contribution in [0.25, 0.3) is 0 Å². The summed E-state index contributed by atoms with van der Waals surface area (Å²) in [6.45, 7) is 3.45. The molecule has 1 heterocycles. The number of unbranched alkanes of at least 4 members (excludes halogenated alkanes) is 2. The van der Waals surface area contributed by atoms with Gasteiger partial charge < -0.3 is 4.74 Å². The Bertz CT molecular complexity index is 187. The molecule has 0 aromatic carbocycles. The minimum absolute atomic E-state index is 0.259. The number of carbonyl (C=O) groups is 2. The molecule has 1 aliphatic rings. The van der Waals surface area contributed by atoms with Crippen LogP contribution >= 0.6 is 0 Å². The number of hydrogen-bond donors (Lipinski definition) is 0. The second-order valence-electron chi connectivity index (χ2n) is 3.26. The Morgan fingerprint density at radius 1 is 1.23 bits per heavy atom. The minimum Gasteiger partial charge on any atom is -0.391 e. The summed E-state index contributed by atoms with van der Waals surface area (Å²) in [5.41, 5.74) is 0. The van der Waals surface area contributed by atoms with Crippen LogP contribution < -0.4 is 0 Å². The van der Waals surface area contributed by atoms with Gasteiger partial charge in [0.15, 0.2) is 0 Å². The van der Waals surface area contributed by atoms with E-state index in [0.717, 1.165) is 25.8 Å². The summed E-state index contributed by atoms with van der Waals surface area (Å²) in [4.78, 5) is 23.5. The Morgan fingerprint density at radius 2 is 1.85 bits per heavy atom. The lowest BCUT2D eigenvalue weighted by atomic mass is 10.2. The van der Waals surface area contributed by atoms with Crippen molar-refractivity contribution in [1.29, 1.82) is 0 Å². The molecule has 4 heteroatoms. The number of hydrogen-bond acceptors (Lipinski definition) is 4. The number of rotatable bonds is 4. The van der Waals surface area contributed by atoms with Crippen molar-refractivity contribution < 1.29 is 14.3 Å². The normalized spacial score (nSPS) is 18.8. The van der Waals surface area contributed by atoms with Crippen LogP contribution in [0.3, 0.4) is 0 Å². The summed E-state index contributed by atoms with van der Waals surface area (Å²) in [6, 6.07) is 0. The van der Waals surface area contributed by atoms with E-state index in [1.807, 2.05) is 4.90 Å². The van der Waals surface area contributed by atoms with E-state index in [1.165, 1.54) is 0 Å². The highest BCUT2D eigenvalue weighted by Crippen LogP contribution is 2.03. The van der Waals surface area contributed by atoms with Gasteiger partial charge >= 0.3 is 11.9 Å².